The number of aromatic carboxylic acids is 1. The van der Waals surface area contributed by atoms with E-state index in [-0.39, 0.29) is 30.7 Å². The van der Waals surface area contributed by atoms with Crippen LogP contribution < -0.4 is 0 Å². The number of fused-ring (bicyclic) bond motifs is 1. The van der Waals surface area contributed by atoms with Gasteiger partial charge < -0.3 is 5.11 Å². The van der Waals surface area contributed by atoms with Gasteiger partial charge in [-0.1, -0.05) is 30.3 Å². The van der Waals surface area contributed by atoms with Crippen molar-refractivity contribution in [2.24, 2.45) is 0 Å². The molecule has 6 heteroatoms. The number of hydrogen-bond donors (Lipinski definition) is 1. The van der Waals surface area contributed by atoms with Crippen LogP contribution in [-0.4, -0.2) is 44.7 Å². The van der Waals surface area contributed by atoms with Gasteiger partial charge in [-0.25, -0.2) is 14.5 Å². The van der Waals surface area contributed by atoms with Crippen LogP contribution in [0.2, 0.25) is 0 Å². The number of aryl methyl sites for hydroxylation is 1. The van der Waals surface area contributed by atoms with E-state index in [1.54, 1.807) is 4.68 Å². The Kier molecular flexibility index (Phi) is 3.55. The molecule has 2 aromatic rings. The van der Waals surface area contributed by atoms with Gasteiger partial charge in [-0.3, -0.25) is 0 Å². The first-order valence-corrected chi connectivity index (χ1v) is 5.49. The molecule has 0 saturated heterocycles. The fraction of sp³-hybridized carbons (Fsp3) is 0.250. The van der Waals surface area contributed by atoms with Crippen molar-refractivity contribution in [3.8, 4) is 0 Å². The topological polar surface area (TPSA) is 68.0 Å². The summed E-state index contributed by atoms with van der Waals surface area (Å²) in [4.78, 5) is 14.8. The average Bonchev–Trinajstić information content (AvgIpc) is 2.89. The molecule has 3 rings (SSSR count). The number of hydrogen-bond acceptors (Lipinski definition) is 3. The van der Waals surface area contributed by atoms with Gasteiger partial charge in [0.25, 0.3) is 5.82 Å². The second kappa shape index (κ2) is 4.97. The van der Waals surface area contributed by atoms with E-state index < -0.39 is 5.97 Å². The van der Waals surface area contributed by atoms with E-state index in [1.165, 1.54) is 0 Å². The monoisotopic (exact) mass is 237 g/mol. The molecule has 0 spiro atoms. The molecule has 1 aliphatic rings. The Morgan fingerprint density at radius 1 is 1.33 bits per heavy atom. The number of carboxylic acid groups (broad SMARTS) is 1. The number of aromatic nitrogens is 3. The maximum atomic E-state index is 10.8. The summed E-state index contributed by atoms with van der Waals surface area (Å²) in [5.41, 5.74) is 1.15. The van der Waals surface area contributed by atoms with E-state index in [0.29, 0.717) is 0 Å². The maximum absolute atomic E-state index is 10.8. The van der Waals surface area contributed by atoms with Crippen LogP contribution in [-0.2, 0) is 6.42 Å². The number of rotatable bonds is 2. The molecular weight excluding hydrogens is 225 g/mol. The van der Waals surface area contributed by atoms with Crippen molar-refractivity contribution in [1.29, 1.82) is 0 Å². The number of nitrogens with zero attached hydrogens (tertiary/aromatic N) is 3. The summed E-state index contributed by atoms with van der Waals surface area (Å²) in [5.74, 6) is -0.421. The predicted molar refractivity (Wildman–Crippen MR) is 67.0 cm³/mol. The van der Waals surface area contributed by atoms with Crippen LogP contribution >= 0.6 is 0 Å². The summed E-state index contributed by atoms with van der Waals surface area (Å²) in [6, 6.07) is 10.1. The molecule has 0 amide bonds. The molecule has 0 aliphatic carbocycles. The minimum absolute atomic E-state index is 0. The van der Waals surface area contributed by atoms with Crippen molar-refractivity contribution < 1.29 is 9.90 Å². The van der Waals surface area contributed by atoms with Crippen molar-refractivity contribution in [3.05, 3.63) is 47.5 Å². The molecule has 1 N–H and O–H groups in total. The first-order valence-electron chi connectivity index (χ1n) is 5.49. The molecule has 18 heavy (non-hydrogen) atoms. The van der Waals surface area contributed by atoms with E-state index in [9.17, 15) is 4.79 Å². The van der Waals surface area contributed by atoms with Crippen molar-refractivity contribution in [2.45, 2.75) is 18.9 Å². The fourth-order valence-corrected chi connectivity index (χ4v) is 2.24. The second-order valence-electron chi connectivity index (χ2n) is 4.07. The summed E-state index contributed by atoms with van der Waals surface area (Å²) in [6.07, 6.45) is 1.71. The van der Waals surface area contributed by atoms with Crippen molar-refractivity contribution in [1.82, 2.24) is 14.8 Å². The predicted octanol–water partition coefficient (Wildman–Crippen LogP) is 0.863. The van der Waals surface area contributed by atoms with E-state index in [2.05, 4.69) is 10.1 Å². The Morgan fingerprint density at radius 2 is 2.06 bits per heavy atom. The molecule has 1 aromatic heterocycles. The number of carboxylic acids is 1. The number of carbonyl (C=O) groups is 1. The average molecular weight is 237 g/mol. The SMILES string of the molecule is O=C(O)c1nc2n(n1)C(c1ccccc1)CC2.[LiH]. The quantitative estimate of drug-likeness (QED) is 0.787. The van der Waals surface area contributed by atoms with Crippen LogP contribution in [0.1, 0.15) is 34.5 Å². The van der Waals surface area contributed by atoms with Gasteiger partial charge in [0.1, 0.15) is 5.82 Å². The van der Waals surface area contributed by atoms with Gasteiger partial charge in [0.2, 0.25) is 0 Å². The van der Waals surface area contributed by atoms with Gasteiger partial charge in [0, 0.05) is 6.42 Å². The van der Waals surface area contributed by atoms with Crippen molar-refractivity contribution in [2.75, 3.05) is 0 Å². The summed E-state index contributed by atoms with van der Waals surface area (Å²) in [6.45, 7) is 0. The van der Waals surface area contributed by atoms with Crippen molar-refractivity contribution in [3.63, 3.8) is 0 Å². The molecular formula is C12H12LiN3O2. The van der Waals surface area contributed by atoms with E-state index in [4.69, 9.17) is 5.11 Å². The van der Waals surface area contributed by atoms with Crippen molar-refractivity contribution >= 4 is 24.8 Å². The Bertz CT molecular complexity index is 568. The van der Waals surface area contributed by atoms with Crippen LogP contribution in [0.15, 0.2) is 30.3 Å². The Hall–Kier alpha value is -1.57. The first kappa shape index (κ1) is 12.9. The van der Waals surface area contributed by atoms with E-state index >= 15 is 0 Å². The van der Waals surface area contributed by atoms with Crippen LogP contribution in [0.5, 0.6) is 0 Å². The normalized spacial score (nSPS) is 17.0. The van der Waals surface area contributed by atoms with Crippen LogP contribution in [0.3, 0.4) is 0 Å². The third-order valence-corrected chi connectivity index (χ3v) is 3.01. The Balaban J connectivity index is 0.00000120. The molecule has 0 saturated carbocycles. The molecule has 5 nitrogen and oxygen atoms in total. The van der Waals surface area contributed by atoms with Crippen LogP contribution in [0, 0.1) is 0 Å². The van der Waals surface area contributed by atoms with Crippen LogP contribution in [0.25, 0.3) is 0 Å². The Morgan fingerprint density at radius 3 is 2.72 bits per heavy atom. The van der Waals surface area contributed by atoms with E-state index in [1.807, 2.05) is 30.3 Å². The van der Waals surface area contributed by atoms with Gasteiger partial charge in [-0.05, 0) is 12.0 Å². The molecule has 88 valence electrons. The van der Waals surface area contributed by atoms with Gasteiger partial charge >= 0.3 is 24.8 Å². The summed E-state index contributed by atoms with van der Waals surface area (Å²) >= 11 is 0. The molecule has 2 heterocycles. The van der Waals surface area contributed by atoms with Gasteiger partial charge in [-0.2, -0.15) is 0 Å². The zero-order chi connectivity index (χ0) is 11.8. The van der Waals surface area contributed by atoms with Crippen LogP contribution in [0.4, 0.5) is 0 Å². The van der Waals surface area contributed by atoms with Gasteiger partial charge in [0.05, 0.1) is 6.04 Å². The van der Waals surface area contributed by atoms with Gasteiger partial charge in [-0.15, -0.1) is 5.10 Å². The first-order chi connectivity index (χ1) is 8.25. The molecule has 0 fully saturated rings. The third-order valence-electron chi connectivity index (χ3n) is 3.01. The molecule has 0 radical (unpaired) electrons. The molecule has 1 aromatic carbocycles. The zero-order valence-electron chi connectivity index (χ0n) is 9.08. The molecule has 1 unspecified atom stereocenters. The zero-order valence-corrected chi connectivity index (χ0v) is 9.08. The molecule has 0 bridgehead atoms. The fourth-order valence-electron chi connectivity index (χ4n) is 2.24. The molecule has 1 aliphatic heterocycles. The Labute approximate surface area is 116 Å². The summed E-state index contributed by atoms with van der Waals surface area (Å²) in [7, 11) is 0. The molecule has 1 atom stereocenters. The third kappa shape index (κ3) is 2.07. The van der Waals surface area contributed by atoms with Gasteiger partial charge in [0.15, 0.2) is 0 Å². The second-order valence-corrected chi connectivity index (χ2v) is 4.07. The standard InChI is InChI=1S/C12H11N3O2.Li.H/c16-12(17)11-13-10-7-6-9(15(10)14-11)8-4-2-1-3-5-8;;/h1-5,9H,6-7H2,(H,16,17);;. The van der Waals surface area contributed by atoms with E-state index in [0.717, 1.165) is 24.2 Å². The number of benzene rings is 1. The summed E-state index contributed by atoms with van der Waals surface area (Å²) in [5, 5.41) is 12.9. The summed E-state index contributed by atoms with van der Waals surface area (Å²) < 4.78 is 1.73. The minimum atomic E-state index is -1.07.